The lowest BCUT2D eigenvalue weighted by Crippen LogP contribution is -2.22. The topological polar surface area (TPSA) is 45.2 Å². The van der Waals surface area contributed by atoms with Gasteiger partial charge in [-0.15, -0.1) is 5.10 Å². The third-order valence-electron chi connectivity index (χ3n) is 4.57. The minimum atomic E-state index is 0.661. The number of hydrogen-bond acceptors (Lipinski definition) is 5. The summed E-state index contributed by atoms with van der Waals surface area (Å²) in [6.07, 6.45) is 2.75. The fourth-order valence-corrected chi connectivity index (χ4v) is 3.35. The molecule has 126 valence electrons. The smallest absolute Gasteiger partial charge is 0.251 e. The highest BCUT2D eigenvalue weighted by atomic mass is 15.4. The zero-order valence-corrected chi connectivity index (χ0v) is 14.6. The van der Waals surface area contributed by atoms with E-state index in [0.29, 0.717) is 5.95 Å². The van der Waals surface area contributed by atoms with Crippen molar-refractivity contribution >= 4 is 23.1 Å². The Balaban J connectivity index is 1.70. The Morgan fingerprint density at radius 1 is 1.12 bits per heavy atom. The highest BCUT2D eigenvalue weighted by Gasteiger charge is 2.23. The molecule has 0 atom stereocenters. The number of fused-ring (bicyclic) bond motifs is 1. The van der Waals surface area contributed by atoms with Gasteiger partial charge in [0.2, 0.25) is 0 Å². The lowest BCUT2D eigenvalue weighted by Gasteiger charge is -2.24. The molecular weight excluding hydrogens is 310 g/mol. The van der Waals surface area contributed by atoms with E-state index in [4.69, 9.17) is 4.98 Å². The van der Waals surface area contributed by atoms with Gasteiger partial charge in [-0.3, -0.25) is 0 Å². The van der Waals surface area contributed by atoms with Gasteiger partial charge in [0.1, 0.15) is 0 Å². The van der Waals surface area contributed by atoms with E-state index in [0.717, 1.165) is 31.0 Å². The number of aromatic nitrogens is 3. The average Bonchev–Trinajstić information content (AvgIpc) is 3.07. The van der Waals surface area contributed by atoms with Crippen LogP contribution in [0.5, 0.6) is 0 Å². The molecular formula is C20H21N5. The summed E-state index contributed by atoms with van der Waals surface area (Å²) < 4.78 is 0. The van der Waals surface area contributed by atoms with Crippen molar-refractivity contribution in [3.8, 4) is 0 Å². The van der Waals surface area contributed by atoms with Gasteiger partial charge < -0.3 is 9.80 Å². The molecule has 2 aromatic carbocycles. The molecule has 0 bridgehead atoms. The molecule has 5 nitrogen and oxygen atoms in total. The van der Waals surface area contributed by atoms with Crippen molar-refractivity contribution in [2.24, 2.45) is 0 Å². The van der Waals surface area contributed by atoms with Crippen LogP contribution >= 0.6 is 0 Å². The third-order valence-corrected chi connectivity index (χ3v) is 4.57. The molecule has 0 spiro atoms. The molecule has 3 aromatic rings. The zero-order chi connectivity index (χ0) is 17.2. The van der Waals surface area contributed by atoms with Crippen molar-refractivity contribution in [2.45, 2.75) is 20.3 Å². The fourth-order valence-electron chi connectivity index (χ4n) is 3.35. The normalized spacial score (nSPS) is 13.0. The molecule has 25 heavy (non-hydrogen) atoms. The molecule has 1 aromatic heterocycles. The molecule has 0 unspecified atom stereocenters. The summed E-state index contributed by atoms with van der Waals surface area (Å²) in [7, 11) is 0. The van der Waals surface area contributed by atoms with Gasteiger partial charge in [-0.1, -0.05) is 30.3 Å². The molecule has 0 saturated carbocycles. The first kappa shape index (κ1) is 15.6. The first-order valence-corrected chi connectivity index (χ1v) is 8.65. The Kier molecular flexibility index (Phi) is 4.06. The first-order chi connectivity index (χ1) is 12.3. The van der Waals surface area contributed by atoms with Gasteiger partial charge in [-0.05, 0) is 49.6 Å². The standard InChI is InChI=1S/C20H21N5/c1-3-24(17-9-6-7-15(2)13-17)19-14-21-23-20(22-19)25-12-11-16-8-4-5-10-18(16)25/h4-10,13-14H,3,11-12H2,1-2H3. The van der Waals surface area contributed by atoms with Crippen LogP contribution in [0, 0.1) is 6.92 Å². The van der Waals surface area contributed by atoms with E-state index in [-0.39, 0.29) is 0 Å². The quantitative estimate of drug-likeness (QED) is 0.722. The molecule has 1 aliphatic heterocycles. The lowest BCUT2D eigenvalue weighted by molar-refractivity contribution is 0.864. The van der Waals surface area contributed by atoms with Crippen molar-refractivity contribution < 1.29 is 0 Å². The first-order valence-electron chi connectivity index (χ1n) is 8.65. The molecule has 0 amide bonds. The summed E-state index contributed by atoms with van der Waals surface area (Å²) in [5, 5.41) is 8.51. The summed E-state index contributed by atoms with van der Waals surface area (Å²) in [6.45, 7) is 5.93. The van der Waals surface area contributed by atoms with Crippen LogP contribution in [0.2, 0.25) is 0 Å². The van der Waals surface area contributed by atoms with Gasteiger partial charge in [-0.25, -0.2) is 0 Å². The monoisotopic (exact) mass is 331 g/mol. The Labute approximate surface area is 148 Å². The van der Waals surface area contributed by atoms with Crippen LogP contribution in [-0.4, -0.2) is 28.3 Å². The van der Waals surface area contributed by atoms with Crippen molar-refractivity contribution in [2.75, 3.05) is 22.9 Å². The van der Waals surface area contributed by atoms with Crippen molar-refractivity contribution in [1.29, 1.82) is 0 Å². The van der Waals surface area contributed by atoms with E-state index < -0.39 is 0 Å². The van der Waals surface area contributed by atoms with E-state index in [1.165, 1.54) is 16.8 Å². The second-order valence-electron chi connectivity index (χ2n) is 6.23. The molecule has 4 rings (SSSR count). The summed E-state index contributed by atoms with van der Waals surface area (Å²) in [5.74, 6) is 1.48. The summed E-state index contributed by atoms with van der Waals surface area (Å²) in [6, 6.07) is 16.9. The average molecular weight is 331 g/mol. The molecule has 0 aliphatic carbocycles. The maximum Gasteiger partial charge on any atom is 0.251 e. The molecule has 0 fully saturated rings. The number of anilines is 4. The van der Waals surface area contributed by atoms with Crippen molar-refractivity contribution in [3.63, 3.8) is 0 Å². The maximum atomic E-state index is 4.81. The van der Waals surface area contributed by atoms with Crippen molar-refractivity contribution in [1.82, 2.24) is 15.2 Å². The second kappa shape index (κ2) is 6.51. The summed E-state index contributed by atoms with van der Waals surface area (Å²) in [5.41, 5.74) is 4.87. The highest BCUT2D eigenvalue weighted by Crippen LogP contribution is 2.33. The molecule has 0 saturated heterocycles. The Hall–Kier alpha value is -2.95. The molecule has 0 radical (unpaired) electrons. The summed E-state index contributed by atoms with van der Waals surface area (Å²) >= 11 is 0. The SMILES string of the molecule is CCN(c1cccc(C)c1)c1cnnc(N2CCc3ccccc32)n1. The van der Waals surface area contributed by atoms with Crippen LogP contribution in [0.4, 0.5) is 23.1 Å². The van der Waals surface area contributed by atoms with Gasteiger partial charge in [0.15, 0.2) is 5.82 Å². The van der Waals surface area contributed by atoms with Crippen LogP contribution in [0.15, 0.2) is 54.7 Å². The largest absolute Gasteiger partial charge is 0.325 e. The van der Waals surface area contributed by atoms with E-state index in [1.54, 1.807) is 6.20 Å². The number of para-hydroxylation sites is 1. The number of aryl methyl sites for hydroxylation is 1. The molecule has 1 aliphatic rings. The number of hydrogen-bond donors (Lipinski definition) is 0. The van der Waals surface area contributed by atoms with E-state index in [9.17, 15) is 0 Å². The van der Waals surface area contributed by atoms with Crippen molar-refractivity contribution in [3.05, 3.63) is 65.9 Å². The van der Waals surface area contributed by atoms with Gasteiger partial charge in [0, 0.05) is 24.5 Å². The highest BCUT2D eigenvalue weighted by molar-refractivity contribution is 5.67. The third kappa shape index (κ3) is 2.93. The predicted molar refractivity (Wildman–Crippen MR) is 101 cm³/mol. The number of benzene rings is 2. The molecule has 2 heterocycles. The second-order valence-corrected chi connectivity index (χ2v) is 6.23. The van der Waals surface area contributed by atoms with Gasteiger partial charge >= 0.3 is 0 Å². The minimum Gasteiger partial charge on any atom is -0.325 e. The zero-order valence-electron chi connectivity index (χ0n) is 14.6. The minimum absolute atomic E-state index is 0.661. The van der Waals surface area contributed by atoms with Crippen LogP contribution < -0.4 is 9.80 Å². The van der Waals surface area contributed by atoms with Gasteiger partial charge in [0.25, 0.3) is 5.95 Å². The van der Waals surface area contributed by atoms with Crippen LogP contribution in [-0.2, 0) is 6.42 Å². The van der Waals surface area contributed by atoms with Gasteiger partial charge in [0.05, 0.1) is 6.20 Å². The van der Waals surface area contributed by atoms with E-state index >= 15 is 0 Å². The number of rotatable bonds is 4. The van der Waals surface area contributed by atoms with E-state index in [2.05, 4.69) is 82.4 Å². The Morgan fingerprint density at radius 2 is 2.00 bits per heavy atom. The Morgan fingerprint density at radius 3 is 2.84 bits per heavy atom. The Bertz CT molecular complexity index is 893. The predicted octanol–water partition coefficient (Wildman–Crippen LogP) is 4.03. The summed E-state index contributed by atoms with van der Waals surface area (Å²) in [4.78, 5) is 9.12. The van der Waals surface area contributed by atoms with E-state index in [1.807, 2.05) is 0 Å². The van der Waals surface area contributed by atoms with Crippen LogP contribution in [0.3, 0.4) is 0 Å². The molecule has 0 N–H and O–H groups in total. The van der Waals surface area contributed by atoms with Crippen LogP contribution in [0.1, 0.15) is 18.1 Å². The fraction of sp³-hybridized carbons (Fsp3) is 0.250. The number of nitrogens with zero attached hydrogens (tertiary/aromatic N) is 5. The van der Waals surface area contributed by atoms with Gasteiger partial charge in [-0.2, -0.15) is 10.1 Å². The maximum absolute atomic E-state index is 4.81. The lowest BCUT2D eigenvalue weighted by atomic mass is 10.2. The molecule has 5 heteroatoms. The van der Waals surface area contributed by atoms with Crippen LogP contribution in [0.25, 0.3) is 0 Å².